The van der Waals surface area contributed by atoms with Crippen LogP contribution in [0, 0.1) is 6.92 Å². The third kappa shape index (κ3) is 6.03. The van der Waals surface area contributed by atoms with Crippen molar-refractivity contribution in [2.24, 2.45) is 0 Å². The lowest BCUT2D eigenvalue weighted by Crippen LogP contribution is -2.25. The second-order valence-corrected chi connectivity index (χ2v) is 7.25. The lowest BCUT2D eigenvalue weighted by molar-refractivity contribution is -0.146. The van der Waals surface area contributed by atoms with Gasteiger partial charge < -0.3 is 14.2 Å². The fourth-order valence-electron chi connectivity index (χ4n) is 3.29. The van der Waals surface area contributed by atoms with Crippen LogP contribution in [0.25, 0.3) is 0 Å². The largest absolute Gasteiger partial charge is 0.463 e. The summed E-state index contributed by atoms with van der Waals surface area (Å²) in [4.78, 5) is 22.1. The van der Waals surface area contributed by atoms with Crippen molar-refractivity contribution in [2.45, 2.75) is 45.8 Å². The number of carbonyl (C=O) groups excluding carboxylic acids is 2. The number of hydrogen-bond donors (Lipinski definition) is 0. The quantitative estimate of drug-likeness (QED) is 0.411. The van der Waals surface area contributed by atoms with Gasteiger partial charge in [0.15, 0.2) is 0 Å². The molecule has 0 spiro atoms. The SMILES string of the molecule is CC(=O)OC[C@H]1CC=C[C@@H](c2ccc(C)c(Cc3ccc(OC(C)=O)cc3)c2)O1. The maximum atomic E-state index is 11.1. The Balaban J connectivity index is 1.71. The van der Waals surface area contributed by atoms with E-state index < -0.39 is 0 Å². The zero-order chi connectivity index (χ0) is 20.8. The molecular weight excluding hydrogens is 368 g/mol. The lowest BCUT2D eigenvalue weighted by Gasteiger charge is -2.26. The highest BCUT2D eigenvalue weighted by molar-refractivity contribution is 5.69. The van der Waals surface area contributed by atoms with E-state index in [4.69, 9.17) is 14.2 Å². The lowest BCUT2D eigenvalue weighted by atomic mass is 9.95. The molecule has 152 valence electrons. The van der Waals surface area contributed by atoms with E-state index in [-0.39, 0.29) is 30.8 Å². The molecule has 1 aliphatic heterocycles. The van der Waals surface area contributed by atoms with Gasteiger partial charge in [-0.05, 0) is 54.2 Å². The predicted molar refractivity (Wildman–Crippen MR) is 110 cm³/mol. The molecule has 0 aliphatic carbocycles. The van der Waals surface area contributed by atoms with Gasteiger partial charge >= 0.3 is 11.9 Å². The van der Waals surface area contributed by atoms with Crippen LogP contribution < -0.4 is 4.74 Å². The van der Waals surface area contributed by atoms with Gasteiger partial charge in [-0.1, -0.05) is 42.5 Å². The molecular formula is C24H26O5. The van der Waals surface area contributed by atoms with Crippen LogP contribution in [-0.4, -0.2) is 24.6 Å². The number of hydrogen-bond acceptors (Lipinski definition) is 5. The van der Waals surface area contributed by atoms with E-state index >= 15 is 0 Å². The van der Waals surface area contributed by atoms with Gasteiger partial charge in [-0.3, -0.25) is 9.59 Å². The first-order chi connectivity index (χ1) is 13.9. The van der Waals surface area contributed by atoms with Crippen LogP contribution in [0.4, 0.5) is 0 Å². The van der Waals surface area contributed by atoms with Crippen molar-refractivity contribution in [3.8, 4) is 5.75 Å². The summed E-state index contributed by atoms with van der Waals surface area (Å²) in [5.74, 6) is -0.0721. The Hall–Kier alpha value is -2.92. The molecule has 0 saturated carbocycles. The van der Waals surface area contributed by atoms with Crippen LogP contribution >= 0.6 is 0 Å². The fraction of sp³-hybridized carbons (Fsp3) is 0.333. The molecule has 1 heterocycles. The topological polar surface area (TPSA) is 61.8 Å². The van der Waals surface area contributed by atoms with Crippen molar-refractivity contribution >= 4 is 11.9 Å². The number of carbonyl (C=O) groups is 2. The Morgan fingerprint density at radius 2 is 1.83 bits per heavy atom. The molecule has 3 rings (SSSR count). The smallest absolute Gasteiger partial charge is 0.308 e. The summed E-state index contributed by atoms with van der Waals surface area (Å²) in [6.07, 6.45) is 5.34. The normalized spacial score (nSPS) is 18.3. The van der Waals surface area contributed by atoms with E-state index in [2.05, 4.69) is 31.2 Å². The predicted octanol–water partition coefficient (Wildman–Crippen LogP) is 4.46. The molecule has 0 aromatic heterocycles. The highest BCUT2D eigenvalue weighted by Gasteiger charge is 2.21. The minimum Gasteiger partial charge on any atom is -0.463 e. The highest BCUT2D eigenvalue weighted by atomic mass is 16.6. The van der Waals surface area contributed by atoms with E-state index in [0.717, 1.165) is 24.0 Å². The summed E-state index contributed by atoms with van der Waals surface area (Å²) < 4.78 is 16.3. The average molecular weight is 394 g/mol. The molecule has 1 aliphatic rings. The first-order valence-electron chi connectivity index (χ1n) is 9.73. The molecule has 2 aromatic rings. The maximum absolute atomic E-state index is 11.1. The number of aryl methyl sites for hydroxylation is 1. The molecule has 5 heteroatoms. The van der Waals surface area contributed by atoms with Crippen molar-refractivity contribution in [3.05, 3.63) is 76.9 Å². The molecule has 0 radical (unpaired) electrons. The number of esters is 2. The number of benzene rings is 2. The molecule has 0 unspecified atom stereocenters. The molecule has 29 heavy (non-hydrogen) atoms. The van der Waals surface area contributed by atoms with Gasteiger partial charge in [0.05, 0.1) is 6.10 Å². The average Bonchev–Trinajstić information content (AvgIpc) is 2.69. The highest BCUT2D eigenvalue weighted by Crippen LogP contribution is 2.29. The monoisotopic (exact) mass is 394 g/mol. The molecule has 0 amide bonds. The van der Waals surface area contributed by atoms with Crippen molar-refractivity contribution in [1.82, 2.24) is 0 Å². The first-order valence-corrected chi connectivity index (χ1v) is 9.73. The van der Waals surface area contributed by atoms with E-state index in [0.29, 0.717) is 5.75 Å². The van der Waals surface area contributed by atoms with Crippen LogP contribution in [0.2, 0.25) is 0 Å². The van der Waals surface area contributed by atoms with Gasteiger partial charge in [0.2, 0.25) is 0 Å². The zero-order valence-corrected chi connectivity index (χ0v) is 17.0. The zero-order valence-electron chi connectivity index (χ0n) is 17.0. The third-order valence-electron chi connectivity index (χ3n) is 4.80. The Morgan fingerprint density at radius 1 is 1.07 bits per heavy atom. The number of rotatable bonds is 6. The minimum atomic E-state index is -0.325. The molecule has 0 bridgehead atoms. The van der Waals surface area contributed by atoms with Crippen molar-refractivity contribution < 1.29 is 23.8 Å². The third-order valence-corrected chi connectivity index (χ3v) is 4.80. The van der Waals surface area contributed by atoms with Crippen LogP contribution in [0.5, 0.6) is 5.75 Å². The van der Waals surface area contributed by atoms with Crippen molar-refractivity contribution in [2.75, 3.05) is 6.61 Å². The summed E-state index contributed by atoms with van der Waals surface area (Å²) in [7, 11) is 0. The van der Waals surface area contributed by atoms with Crippen LogP contribution in [0.1, 0.15) is 48.6 Å². The first kappa shape index (κ1) is 20.8. The Bertz CT molecular complexity index is 898. The van der Waals surface area contributed by atoms with Crippen molar-refractivity contribution in [1.29, 1.82) is 0 Å². The van der Waals surface area contributed by atoms with Gasteiger partial charge in [0.1, 0.15) is 18.5 Å². The Kier molecular flexibility index (Phi) is 6.83. The van der Waals surface area contributed by atoms with E-state index in [1.54, 1.807) is 0 Å². The Labute approximate surface area is 171 Å². The van der Waals surface area contributed by atoms with E-state index in [9.17, 15) is 9.59 Å². The van der Waals surface area contributed by atoms with Crippen LogP contribution in [0.3, 0.4) is 0 Å². The standard InChI is InChI=1S/C24H26O5/c1-16-7-10-20(24-6-4-5-23(29-24)15-27-17(2)25)14-21(16)13-19-8-11-22(12-9-19)28-18(3)26/h4,6-12,14,23-24H,5,13,15H2,1-3H3/t23-,24+/m1/s1. The summed E-state index contributed by atoms with van der Waals surface area (Å²) in [6.45, 7) is 5.15. The van der Waals surface area contributed by atoms with E-state index in [1.807, 2.05) is 30.3 Å². The van der Waals surface area contributed by atoms with Crippen LogP contribution in [-0.2, 0) is 25.5 Å². The van der Waals surface area contributed by atoms with Crippen LogP contribution in [0.15, 0.2) is 54.6 Å². The molecule has 0 N–H and O–H groups in total. The molecule has 2 aromatic carbocycles. The number of ether oxygens (including phenoxy) is 3. The Morgan fingerprint density at radius 3 is 2.52 bits per heavy atom. The second-order valence-electron chi connectivity index (χ2n) is 7.25. The summed E-state index contributed by atoms with van der Waals surface area (Å²) in [6, 6.07) is 13.9. The summed E-state index contributed by atoms with van der Waals surface area (Å²) >= 11 is 0. The molecule has 0 fully saturated rings. The second kappa shape index (κ2) is 9.52. The van der Waals surface area contributed by atoms with E-state index in [1.165, 1.54) is 25.0 Å². The molecule has 0 saturated heterocycles. The van der Waals surface area contributed by atoms with Gasteiger partial charge in [0.25, 0.3) is 0 Å². The van der Waals surface area contributed by atoms with Gasteiger partial charge in [-0.15, -0.1) is 0 Å². The summed E-state index contributed by atoms with van der Waals surface area (Å²) in [5, 5.41) is 0. The molecule has 2 atom stereocenters. The summed E-state index contributed by atoms with van der Waals surface area (Å²) in [5.41, 5.74) is 4.62. The van der Waals surface area contributed by atoms with Crippen molar-refractivity contribution in [3.63, 3.8) is 0 Å². The maximum Gasteiger partial charge on any atom is 0.308 e. The van der Waals surface area contributed by atoms with Gasteiger partial charge in [-0.2, -0.15) is 0 Å². The minimum absolute atomic E-state index is 0.132. The fourth-order valence-corrected chi connectivity index (χ4v) is 3.29. The van der Waals surface area contributed by atoms with Gasteiger partial charge in [-0.25, -0.2) is 0 Å². The van der Waals surface area contributed by atoms with Gasteiger partial charge in [0, 0.05) is 13.8 Å². The molecule has 5 nitrogen and oxygen atoms in total.